The molecule has 2 aromatic carbocycles. The van der Waals surface area contributed by atoms with Gasteiger partial charge in [0.1, 0.15) is 5.75 Å². The number of hydrogen-bond donors (Lipinski definition) is 0. The van der Waals surface area contributed by atoms with Crippen LogP contribution in [0.4, 0.5) is 0 Å². The molecule has 0 N–H and O–H groups in total. The van der Waals surface area contributed by atoms with Gasteiger partial charge < -0.3 is 9.64 Å². The number of hydrogen-bond acceptors (Lipinski definition) is 4. The van der Waals surface area contributed by atoms with E-state index in [4.69, 9.17) is 4.74 Å². The van der Waals surface area contributed by atoms with Crippen LogP contribution in [-0.2, 0) is 18.7 Å². The van der Waals surface area contributed by atoms with E-state index in [9.17, 15) is 4.79 Å². The summed E-state index contributed by atoms with van der Waals surface area (Å²) in [7, 11) is 0. The quantitative estimate of drug-likeness (QED) is 0.471. The van der Waals surface area contributed by atoms with Crippen LogP contribution in [0.5, 0.6) is 5.75 Å². The van der Waals surface area contributed by atoms with Crippen LogP contribution in [0.2, 0.25) is 0 Å². The average molecular weight is 511 g/mol. The number of amides is 1. The largest absolute Gasteiger partial charge is 0.471 e. The van der Waals surface area contributed by atoms with Crippen molar-refractivity contribution in [3.8, 4) is 5.75 Å². The number of aromatic nitrogens is 2. The molecule has 1 aromatic heterocycles. The molecule has 0 unspecified atom stereocenters. The van der Waals surface area contributed by atoms with E-state index in [-0.39, 0.29) is 18.1 Å². The lowest BCUT2D eigenvalue weighted by Crippen LogP contribution is -2.48. The number of halogens is 1. The number of benzene rings is 2. The summed E-state index contributed by atoms with van der Waals surface area (Å²) in [4.78, 5) is 17.2. The molecule has 6 nitrogen and oxygen atoms in total. The third kappa shape index (κ3) is 6.03. The molecule has 174 valence electrons. The molecule has 0 bridgehead atoms. The van der Waals surface area contributed by atoms with E-state index >= 15 is 0 Å². The number of ether oxygens (including phenoxy) is 1. The fraction of sp³-hybridized carbons (Fsp3) is 0.385. The third-order valence-electron chi connectivity index (χ3n) is 5.95. The SMILES string of the molecule is CC(C)(C)c1ccc(OCn2ccc(C(=O)N3CCN(Cc4ccccc4Br)CC3)n2)cc1. The molecule has 0 radical (unpaired) electrons. The highest BCUT2D eigenvalue weighted by Crippen LogP contribution is 2.24. The monoisotopic (exact) mass is 510 g/mol. The smallest absolute Gasteiger partial charge is 0.274 e. The van der Waals surface area contributed by atoms with Crippen molar-refractivity contribution >= 4 is 21.8 Å². The third-order valence-corrected chi connectivity index (χ3v) is 6.73. The second-order valence-corrected chi connectivity index (χ2v) is 10.3. The van der Waals surface area contributed by atoms with Crippen molar-refractivity contribution in [3.63, 3.8) is 0 Å². The van der Waals surface area contributed by atoms with Gasteiger partial charge in [-0.15, -0.1) is 0 Å². The second kappa shape index (κ2) is 10.1. The van der Waals surface area contributed by atoms with Crippen LogP contribution in [0.1, 0.15) is 42.4 Å². The van der Waals surface area contributed by atoms with Crippen LogP contribution < -0.4 is 4.74 Å². The van der Waals surface area contributed by atoms with Gasteiger partial charge in [0.25, 0.3) is 5.91 Å². The molecule has 4 rings (SSSR count). The Labute approximate surface area is 204 Å². The standard InChI is InChI=1S/C26H31BrN4O2/c1-26(2,3)21-8-10-22(11-9-21)33-19-31-13-12-24(28-31)25(32)30-16-14-29(15-17-30)18-20-6-4-5-7-23(20)27/h4-13H,14-19H2,1-3H3. The van der Waals surface area contributed by atoms with Crippen LogP contribution in [0, 0.1) is 0 Å². The van der Waals surface area contributed by atoms with Crippen LogP contribution in [0.15, 0.2) is 65.3 Å². The van der Waals surface area contributed by atoms with Gasteiger partial charge in [-0.2, -0.15) is 5.10 Å². The van der Waals surface area contributed by atoms with Crippen molar-refractivity contribution in [2.24, 2.45) is 0 Å². The Morgan fingerprint density at radius 3 is 2.36 bits per heavy atom. The summed E-state index contributed by atoms with van der Waals surface area (Å²) < 4.78 is 8.63. The van der Waals surface area contributed by atoms with E-state index < -0.39 is 0 Å². The lowest BCUT2D eigenvalue weighted by atomic mass is 9.87. The number of nitrogens with zero attached hydrogens (tertiary/aromatic N) is 4. The molecule has 0 spiro atoms. The van der Waals surface area contributed by atoms with E-state index in [1.165, 1.54) is 11.1 Å². The topological polar surface area (TPSA) is 50.6 Å². The molecular formula is C26H31BrN4O2. The Hall–Kier alpha value is -2.64. The molecule has 7 heteroatoms. The minimum atomic E-state index is -0.0242. The first-order chi connectivity index (χ1) is 15.8. The Balaban J connectivity index is 1.27. The van der Waals surface area contributed by atoms with Crippen molar-refractivity contribution in [3.05, 3.63) is 82.1 Å². The predicted octanol–water partition coefficient (Wildman–Crippen LogP) is 4.94. The fourth-order valence-corrected chi connectivity index (χ4v) is 4.29. The Morgan fingerprint density at radius 1 is 1.00 bits per heavy atom. The molecule has 33 heavy (non-hydrogen) atoms. The summed E-state index contributed by atoms with van der Waals surface area (Å²) in [5, 5.41) is 4.44. The van der Waals surface area contributed by atoms with E-state index in [2.05, 4.69) is 77.0 Å². The zero-order valence-corrected chi connectivity index (χ0v) is 21.1. The number of rotatable bonds is 6. The summed E-state index contributed by atoms with van der Waals surface area (Å²) >= 11 is 3.62. The van der Waals surface area contributed by atoms with E-state index in [1.54, 1.807) is 16.9 Å². The molecule has 3 aromatic rings. The van der Waals surface area contributed by atoms with Crippen LogP contribution >= 0.6 is 15.9 Å². The maximum Gasteiger partial charge on any atom is 0.274 e. The maximum absolute atomic E-state index is 12.9. The number of carbonyl (C=O) groups is 1. The van der Waals surface area contributed by atoms with Crippen LogP contribution in [-0.4, -0.2) is 51.7 Å². The maximum atomic E-state index is 12.9. The molecule has 2 heterocycles. The van der Waals surface area contributed by atoms with Crippen molar-refractivity contribution < 1.29 is 9.53 Å². The van der Waals surface area contributed by atoms with Gasteiger partial charge in [0.05, 0.1) is 0 Å². The molecule has 1 aliphatic heterocycles. The minimum Gasteiger partial charge on any atom is -0.471 e. The van der Waals surface area contributed by atoms with Gasteiger partial charge in [0, 0.05) is 43.4 Å². The van der Waals surface area contributed by atoms with Crippen LogP contribution in [0.3, 0.4) is 0 Å². The molecular weight excluding hydrogens is 480 g/mol. The molecule has 1 amide bonds. The highest BCUT2D eigenvalue weighted by atomic mass is 79.9. The Bertz CT molecular complexity index is 1080. The first-order valence-corrected chi connectivity index (χ1v) is 12.1. The van der Waals surface area contributed by atoms with Gasteiger partial charge in [0.2, 0.25) is 0 Å². The normalized spacial score (nSPS) is 15.0. The molecule has 1 aliphatic rings. The first kappa shape index (κ1) is 23.5. The molecule has 0 saturated carbocycles. The zero-order chi connectivity index (χ0) is 23.4. The summed E-state index contributed by atoms with van der Waals surface area (Å²) in [5.41, 5.74) is 3.10. The predicted molar refractivity (Wildman–Crippen MR) is 133 cm³/mol. The molecule has 1 saturated heterocycles. The van der Waals surface area contributed by atoms with E-state index in [0.717, 1.165) is 29.9 Å². The van der Waals surface area contributed by atoms with Crippen LogP contribution in [0.25, 0.3) is 0 Å². The zero-order valence-electron chi connectivity index (χ0n) is 19.5. The average Bonchev–Trinajstić information content (AvgIpc) is 3.28. The van der Waals surface area contributed by atoms with E-state index in [0.29, 0.717) is 18.8 Å². The number of carbonyl (C=O) groups excluding carboxylic acids is 1. The summed E-state index contributed by atoms with van der Waals surface area (Å²) in [6.07, 6.45) is 1.79. The van der Waals surface area contributed by atoms with Gasteiger partial charge in [-0.25, -0.2) is 4.68 Å². The summed E-state index contributed by atoms with van der Waals surface area (Å²) in [6, 6.07) is 18.2. The van der Waals surface area contributed by atoms with Gasteiger partial charge in [-0.3, -0.25) is 9.69 Å². The first-order valence-electron chi connectivity index (χ1n) is 11.3. The van der Waals surface area contributed by atoms with Gasteiger partial charge in [0.15, 0.2) is 12.4 Å². The number of piperazine rings is 1. The molecule has 0 aliphatic carbocycles. The lowest BCUT2D eigenvalue weighted by molar-refractivity contribution is 0.0620. The lowest BCUT2D eigenvalue weighted by Gasteiger charge is -2.34. The van der Waals surface area contributed by atoms with Crippen molar-refractivity contribution in [1.29, 1.82) is 0 Å². The summed E-state index contributed by atoms with van der Waals surface area (Å²) in [6.45, 7) is 10.8. The minimum absolute atomic E-state index is 0.0242. The molecule has 0 atom stereocenters. The van der Waals surface area contributed by atoms with Gasteiger partial charge in [-0.1, -0.05) is 67.0 Å². The Kier molecular flexibility index (Phi) is 7.20. The highest BCUT2D eigenvalue weighted by molar-refractivity contribution is 9.10. The van der Waals surface area contributed by atoms with Crippen molar-refractivity contribution in [2.75, 3.05) is 26.2 Å². The fourth-order valence-electron chi connectivity index (χ4n) is 3.88. The van der Waals surface area contributed by atoms with Crippen molar-refractivity contribution in [2.45, 2.75) is 39.5 Å². The second-order valence-electron chi connectivity index (χ2n) is 9.45. The van der Waals surface area contributed by atoms with Gasteiger partial charge in [-0.05, 0) is 40.8 Å². The van der Waals surface area contributed by atoms with Crippen molar-refractivity contribution in [1.82, 2.24) is 19.6 Å². The molecule has 1 fully saturated rings. The van der Waals surface area contributed by atoms with E-state index in [1.807, 2.05) is 23.1 Å². The Morgan fingerprint density at radius 2 is 1.70 bits per heavy atom. The van der Waals surface area contributed by atoms with Gasteiger partial charge >= 0.3 is 0 Å². The summed E-state index contributed by atoms with van der Waals surface area (Å²) in [5.74, 6) is 0.761. The highest BCUT2D eigenvalue weighted by Gasteiger charge is 2.24.